The van der Waals surface area contributed by atoms with E-state index in [2.05, 4.69) is 22.2 Å². The minimum Gasteiger partial charge on any atom is -0.491 e. The van der Waals surface area contributed by atoms with Crippen molar-refractivity contribution in [1.29, 1.82) is 0 Å². The molecule has 0 bridgehead atoms. The lowest BCUT2D eigenvalue weighted by Crippen LogP contribution is -2.22. The number of nitrogens with zero attached hydrogens (tertiary/aromatic N) is 3. The molecule has 8 heteroatoms. The SMILES string of the molecule is C=CCCCOc1cc(C(=O)NCC)ccc1-n1cc(C(N)=O)nn1. The van der Waals surface area contributed by atoms with Crippen LogP contribution >= 0.6 is 0 Å². The molecule has 0 saturated carbocycles. The van der Waals surface area contributed by atoms with E-state index < -0.39 is 5.91 Å². The molecule has 0 aliphatic heterocycles. The van der Waals surface area contributed by atoms with Crippen LogP contribution in [0.3, 0.4) is 0 Å². The first kappa shape index (κ1) is 18.2. The molecule has 0 radical (unpaired) electrons. The minimum atomic E-state index is -0.668. The van der Waals surface area contributed by atoms with Crippen molar-refractivity contribution in [3.05, 3.63) is 48.3 Å². The molecular formula is C17H21N5O3. The van der Waals surface area contributed by atoms with E-state index in [-0.39, 0.29) is 11.6 Å². The van der Waals surface area contributed by atoms with Crippen LogP contribution in [0.25, 0.3) is 5.69 Å². The summed E-state index contributed by atoms with van der Waals surface area (Å²) in [6.07, 6.45) is 4.84. The summed E-state index contributed by atoms with van der Waals surface area (Å²) in [6.45, 7) is 6.50. The van der Waals surface area contributed by atoms with Crippen LogP contribution in [0.5, 0.6) is 5.75 Å². The first-order valence-corrected chi connectivity index (χ1v) is 7.95. The summed E-state index contributed by atoms with van der Waals surface area (Å²) in [5, 5.41) is 10.4. The largest absolute Gasteiger partial charge is 0.491 e. The third-order valence-corrected chi connectivity index (χ3v) is 3.36. The van der Waals surface area contributed by atoms with Crippen LogP contribution in [0, 0.1) is 0 Å². The lowest BCUT2D eigenvalue weighted by molar-refractivity contribution is 0.0953. The molecule has 1 aromatic heterocycles. The molecule has 1 heterocycles. The standard InChI is InChI=1S/C17H21N5O3/c1-3-5-6-9-25-15-10-12(17(24)19-4-2)7-8-14(15)22-11-13(16(18)23)20-21-22/h3,7-8,10-11H,1,4-6,9H2,2H3,(H2,18,23)(H,19,24). The van der Waals surface area contributed by atoms with Gasteiger partial charge in [-0.1, -0.05) is 11.3 Å². The highest BCUT2D eigenvalue weighted by molar-refractivity contribution is 5.95. The Labute approximate surface area is 145 Å². The van der Waals surface area contributed by atoms with E-state index in [9.17, 15) is 9.59 Å². The van der Waals surface area contributed by atoms with Gasteiger partial charge in [-0.05, 0) is 38.0 Å². The molecule has 0 unspecified atom stereocenters. The van der Waals surface area contributed by atoms with Gasteiger partial charge in [0.2, 0.25) is 0 Å². The highest BCUT2D eigenvalue weighted by atomic mass is 16.5. The fraction of sp³-hybridized carbons (Fsp3) is 0.294. The Balaban J connectivity index is 2.33. The van der Waals surface area contributed by atoms with Crippen LogP contribution in [0.15, 0.2) is 37.1 Å². The van der Waals surface area contributed by atoms with Crippen LogP contribution in [-0.4, -0.2) is 40.0 Å². The van der Waals surface area contributed by atoms with Gasteiger partial charge in [-0.25, -0.2) is 4.68 Å². The fourth-order valence-corrected chi connectivity index (χ4v) is 2.13. The predicted octanol–water partition coefficient (Wildman–Crippen LogP) is 1.46. The van der Waals surface area contributed by atoms with Crippen LogP contribution in [0.4, 0.5) is 0 Å². The first-order chi connectivity index (χ1) is 12.1. The minimum absolute atomic E-state index is 0.0467. The Hall–Kier alpha value is -3.16. The van der Waals surface area contributed by atoms with E-state index >= 15 is 0 Å². The zero-order valence-corrected chi connectivity index (χ0v) is 14.1. The quantitative estimate of drug-likeness (QED) is 0.529. The molecule has 0 spiro atoms. The van der Waals surface area contributed by atoms with Gasteiger partial charge in [0.25, 0.3) is 11.8 Å². The van der Waals surface area contributed by atoms with Crippen LogP contribution in [-0.2, 0) is 0 Å². The van der Waals surface area contributed by atoms with Crippen molar-refractivity contribution in [2.75, 3.05) is 13.2 Å². The number of carbonyl (C=O) groups is 2. The van der Waals surface area contributed by atoms with Crippen molar-refractivity contribution >= 4 is 11.8 Å². The molecule has 25 heavy (non-hydrogen) atoms. The summed E-state index contributed by atoms with van der Waals surface area (Å²) in [4.78, 5) is 23.2. The second-order valence-electron chi connectivity index (χ2n) is 5.23. The summed E-state index contributed by atoms with van der Waals surface area (Å²) in [6, 6.07) is 4.98. The van der Waals surface area contributed by atoms with Crippen molar-refractivity contribution in [3.63, 3.8) is 0 Å². The maximum absolute atomic E-state index is 12.0. The van der Waals surface area contributed by atoms with Gasteiger partial charge in [-0.3, -0.25) is 9.59 Å². The number of unbranched alkanes of at least 4 members (excludes halogenated alkanes) is 1. The zero-order chi connectivity index (χ0) is 18.2. The first-order valence-electron chi connectivity index (χ1n) is 7.95. The van der Waals surface area contributed by atoms with Crippen molar-refractivity contribution < 1.29 is 14.3 Å². The Kier molecular flexibility index (Phi) is 6.27. The topological polar surface area (TPSA) is 112 Å². The molecule has 2 aromatic rings. The lowest BCUT2D eigenvalue weighted by atomic mass is 10.1. The number of nitrogens with one attached hydrogen (secondary N) is 1. The number of rotatable bonds is 9. The maximum atomic E-state index is 12.0. The van der Waals surface area contributed by atoms with Crippen molar-refractivity contribution in [1.82, 2.24) is 20.3 Å². The normalized spacial score (nSPS) is 10.3. The molecule has 1 aromatic carbocycles. The highest BCUT2D eigenvalue weighted by Gasteiger charge is 2.14. The second kappa shape index (κ2) is 8.62. The molecule has 0 aliphatic rings. The van der Waals surface area contributed by atoms with Gasteiger partial charge in [0.15, 0.2) is 5.69 Å². The number of nitrogens with two attached hydrogens (primary N) is 1. The molecule has 132 valence electrons. The summed E-state index contributed by atoms with van der Waals surface area (Å²) in [5.41, 5.74) is 6.29. The Bertz CT molecular complexity index is 769. The zero-order valence-electron chi connectivity index (χ0n) is 14.1. The number of primary amides is 1. The average molecular weight is 343 g/mol. The van der Waals surface area contributed by atoms with E-state index in [0.717, 1.165) is 12.8 Å². The number of allylic oxidation sites excluding steroid dienone is 1. The highest BCUT2D eigenvalue weighted by Crippen LogP contribution is 2.24. The molecule has 0 fully saturated rings. The fourth-order valence-electron chi connectivity index (χ4n) is 2.13. The van der Waals surface area contributed by atoms with E-state index in [1.165, 1.54) is 10.9 Å². The molecule has 8 nitrogen and oxygen atoms in total. The van der Waals surface area contributed by atoms with E-state index in [1.54, 1.807) is 18.2 Å². The van der Waals surface area contributed by atoms with Gasteiger partial charge in [0, 0.05) is 12.1 Å². The van der Waals surface area contributed by atoms with Crippen LogP contribution in [0.2, 0.25) is 0 Å². The van der Waals surface area contributed by atoms with Gasteiger partial charge in [0.1, 0.15) is 11.4 Å². The third-order valence-electron chi connectivity index (χ3n) is 3.36. The number of hydrogen-bond donors (Lipinski definition) is 2. The number of carbonyl (C=O) groups excluding carboxylic acids is 2. The molecule has 0 aliphatic carbocycles. The van der Waals surface area contributed by atoms with E-state index in [1.807, 2.05) is 13.0 Å². The van der Waals surface area contributed by atoms with Crippen LogP contribution in [0.1, 0.15) is 40.6 Å². The Morgan fingerprint density at radius 2 is 2.24 bits per heavy atom. The number of amides is 2. The van der Waals surface area contributed by atoms with Gasteiger partial charge < -0.3 is 15.8 Å². The summed E-state index contributed by atoms with van der Waals surface area (Å²) in [7, 11) is 0. The van der Waals surface area contributed by atoms with E-state index in [4.69, 9.17) is 10.5 Å². The van der Waals surface area contributed by atoms with E-state index in [0.29, 0.717) is 30.2 Å². The molecule has 2 amide bonds. The number of aromatic nitrogens is 3. The summed E-state index contributed by atoms with van der Waals surface area (Å²) < 4.78 is 7.19. The Morgan fingerprint density at radius 3 is 2.88 bits per heavy atom. The molecule has 0 atom stereocenters. The summed E-state index contributed by atoms with van der Waals surface area (Å²) >= 11 is 0. The Morgan fingerprint density at radius 1 is 1.44 bits per heavy atom. The third kappa shape index (κ3) is 4.66. The van der Waals surface area contributed by atoms with Gasteiger partial charge >= 0.3 is 0 Å². The molecule has 2 rings (SSSR count). The van der Waals surface area contributed by atoms with Crippen LogP contribution < -0.4 is 15.8 Å². The summed E-state index contributed by atoms with van der Waals surface area (Å²) in [5.74, 6) is -0.395. The van der Waals surface area contributed by atoms with Gasteiger partial charge in [-0.15, -0.1) is 11.7 Å². The van der Waals surface area contributed by atoms with Crippen molar-refractivity contribution in [2.24, 2.45) is 5.73 Å². The average Bonchev–Trinajstić information content (AvgIpc) is 3.09. The number of hydrogen-bond acceptors (Lipinski definition) is 5. The monoisotopic (exact) mass is 343 g/mol. The molecular weight excluding hydrogens is 322 g/mol. The second-order valence-corrected chi connectivity index (χ2v) is 5.23. The molecule has 3 N–H and O–H groups in total. The predicted molar refractivity (Wildman–Crippen MR) is 92.8 cm³/mol. The lowest BCUT2D eigenvalue weighted by Gasteiger charge is -2.12. The number of benzene rings is 1. The van der Waals surface area contributed by atoms with Crippen molar-refractivity contribution in [3.8, 4) is 11.4 Å². The smallest absolute Gasteiger partial charge is 0.270 e. The molecule has 0 saturated heterocycles. The number of ether oxygens (including phenoxy) is 1. The van der Waals surface area contributed by atoms with Gasteiger partial charge in [-0.2, -0.15) is 0 Å². The van der Waals surface area contributed by atoms with Gasteiger partial charge in [0.05, 0.1) is 12.8 Å². The van der Waals surface area contributed by atoms with Crippen molar-refractivity contribution in [2.45, 2.75) is 19.8 Å². The maximum Gasteiger partial charge on any atom is 0.270 e.